The second-order valence-electron chi connectivity index (χ2n) is 4.34. The third-order valence-corrected chi connectivity index (χ3v) is 2.89. The summed E-state index contributed by atoms with van der Waals surface area (Å²) in [5.74, 6) is 0.533. The van der Waals surface area contributed by atoms with Crippen LogP contribution in [0.3, 0.4) is 0 Å². The van der Waals surface area contributed by atoms with E-state index in [1.807, 2.05) is 19.9 Å². The van der Waals surface area contributed by atoms with Gasteiger partial charge in [-0.1, -0.05) is 12.1 Å². The minimum Gasteiger partial charge on any atom is -0.397 e. The summed E-state index contributed by atoms with van der Waals surface area (Å²) in [4.78, 5) is 4.21. The van der Waals surface area contributed by atoms with Crippen molar-refractivity contribution in [2.45, 2.75) is 19.9 Å². The molecule has 1 aromatic heterocycles. The average molecular weight is 245 g/mol. The Bertz CT molecular complexity index is 537. The Morgan fingerprint density at radius 1 is 1.28 bits per heavy atom. The zero-order chi connectivity index (χ0) is 13.1. The summed E-state index contributed by atoms with van der Waals surface area (Å²) in [6.45, 7) is 3.94. The minimum atomic E-state index is -0.229. The van der Waals surface area contributed by atoms with Gasteiger partial charge in [0.2, 0.25) is 0 Å². The lowest BCUT2D eigenvalue weighted by Gasteiger charge is -2.15. The normalized spacial score (nSPS) is 12.2. The van der Waals surface area contributed by atoms with Crippen molar-refractivity contribution in [1.82, 2.24) is 4.98 Å². The molecule has 0 aliphatic carbocycles. The molecule has 1 atom stereocenters. The highest BCUT2D eigenvalue weighted by Crippen LogP contribution is 2.20. The van der Waals surface area contributed by atoms with Gasteiger partial charge < -0.3 is 11.1 Å². The number of hydrogen-bond acceptors (Lipinski definition) is 3. The van der Waals surface area contributed by atoms with Crippen molar-refractivity contribution in [3.63, 3.8) is 0 Å². The van der Waals surface area contributed by atoms with Crippen LogP contribution in [-0.4, -0.2) is 4.98 Å². The Morgan fingerprint density at radius 2 is 1.94 bits per heavy atom. The summed E-state index contributed by atoms with van der Waals surface area (Å²) in [7, 11) is 0. The molecule has 0 fully saturated rings. The van der Waals surface area contributed by atoms with E-state index >= 15 is 0 Å². The maximum atomic E-state index is 12.8. The lowest BCUT2D eigenvalue weighted by Crippen LogP contribution is -2.08. The molecule has 1 aromatic carbocycles. The number of hydrogen-bond donors (Lipinski definition) is 2. The van der Waals surface area contributed by atoms with Crippen molar-refractivity contribution in [1.29, 1.82) is 0 Å². The number of pyridine rings is 1. The molecule has 3 N–H and O–H groups in total. The Morgan fingerprint density at radius 3 is 2.56 bits per heavy atom. The molecule has 0 radical (unpaired) electrons. The van der Waals surface area contributed by atoms with Crippen molar-refractivity contribution in [3.8, 4) is 0 Å². The molecule has 1 heterocycles. The van der Waals surface area contributed by atoms with Gasteiger partial charge in [0, 0.05) is 6.04 Å². The number of anilines is 2. The summed E-state index contributed by atoms with van der Waals surface area (Å²) < 4.78 is 12.8. The number of nitrogens with two attached hydrogens (primary N) is 1. The fraction of sp³-hybridized carbons (Fsp3) is 0.214. The van der Waals surface area contributed by atoms with Gasteiger partial charge in [-0.05, 0) is 43.2 Å². The van der Waals surface area contributed by atoms with Crippen LogP contribution in [0.1, 0.15) is 24.1 Å². The molecular formula is C14H16FN3. The van der Waals surface area contributed by atoms with E-state index in [4.69, 9.17) is 5.73 Å². The van der Waals surface area contributed by atoms with E-state index in [9.17, 15) is 4.39 Å². The number of aryl methyl sites for hydroxylation is 1. The third kappa shape index (κ3) is 2.77. The highest BCUT2D eigenvalue weighted by atomic mass is 19.1. The van der Waals surface area contributed by atoms with E-state index in [-0.39, 0.29) is 11.9 Å². The van der Waals surface area contributed by atoms with E-state index < -0.39 is 0 Å². The predicted molar refractivity (Wildman–Crippen MR) is 71.8 cm³/mol. The Kier molecular flexibility index (Phi) is 3.46. The zero-order valence-corrected chi connectivity index (χ0v) is 10.4. The summed E-state index contributed by atoms with van der Waals surface area (Å²) in [6.07, 6.45) is 1.63. The lowest BCUT2D eigenvalue weighted by molar-refractivity contribution is 0.626. The van der Waals surface area contributed by atoms with Gasteiger partial charge in [0.25, 0.3) is 0 Å². The molecule has 18 heavy (non-hydrogen) atoms. The summed E-state index contributed by atoms with van der Waals surface area (Å²) in [6, 6.07) is 8.38. The Balaban J connectivity index is 2.13. The molecule has 94 valence electrons. The van der Waals surface area contributed by atoms with Crippen LogP contribution in [0, 0.1) is 12.7 Å². The van der Waals surface area contributed by atoms with Crippen LogP contribution in [0.4, 0.5) is 15.9 Å². The monoisotopic (exact) mass is 245 g/mol. The van der Waals surface area contributed by atoms with E-state index in [0.717, 1.165) is 16.9 Å². The molecule has 2 rings (SSSR count). The van der Waals surface area contributed by atoms with Gasteiger partial charge in [-0.3, -0.25) is 0 Å². The van der Waals surface area contributed by atoms with Gasteiger partial charge in [0.1, 0.15) is 11.6 Å². The van der Waals surface area contributed by atoms with E-state index in [0.29, 0.717) is 5.69 Å². The van der Waals surface area contributed by atoms with Crippen molar-refractivity contribution < 1.29 is 4.39 Å². The smallest absolute Gasteiger partial charge is 0.126 e. The largest absolute Gasteiger partial charge is 0.397 e. The quantitative estimate of drug-likeness (QED) is 0.872. The predicted octanol–water partition coefficient (Wildman–Crippen LogP) is 3.28. The number of halogens is 1. The molecule has 0 saturated carbocycles. The van der Waals surface area contributed by atoms with Gasteiger partial charge in [-0.15, -0.1) is 0 Å². The molecule has 0 spiro atoms. The third-order valence-electron chi connectivity index (χ3n) is 2.89. The van der Waals surface area contributed by atoms with Gasteiger partial charge >= 0.3 is 0 Å². The summed E-state index contributed by atoms with van der Waals surface area (Å²) >= 11 is 0. The second-order valence-corrected chi connectivity index (χ2v) is 4.34. The highest BCUT2D eigenvalue weighted by Gasteiger charge is 2.06. The molecule has 2 aromatic rings. The van der Waals surface area contributed by atoms with Gasteiger partial charge in [-0.25, -0.2) is 9.37 Å². The molecule has 4 heteroatoms. The summed E-state index contributed by atoms with van der Waals surface area (Å²) in [5, 5.41) is 3.26. The lowest BCUT2D eigenvalue weighted by atomic mass is 10.1. The van der Waals surface area contributed by atoms with E-state index in [2.05, 4.69) is 10.3 Å². The van der Waals surface area contributed by atoms with Crippen LogP contribution in [-0.2, 0) is 0 Å². The first-order valence-corrected chi connectivity index (χ1v) is 5.80. The fourth-order valence-corrected chi connectivity index (χ4v) is 1.70. The van der Waals surface area contributed by atoms with Crippen LogP contribution in [0.25, 0.3) is 0 Å². The number of nitrogens with zero attached hydrogens (tertiary/aromatic N) is 1. The molecule has 0 saturated heterocycles. The molecule has 0 amide bonds. The SMILES string of the molecule is Cc1cc(NC(C)c2ccc(F)cc2)ncc1N. The van der Waals surface area contributed by atoms with Gasteiger partial charge in [-0.2, -0.15) is 0 Å². The Labute approximate surface area is 106 Å². The minimum absolute atomic E-state index is 0.0566. The average Bonchev–Trinajstić information content (AvgIpc) is 2.34. The highest BCUT2D eigenvalue weighted by molar-refractivity contribution is 5.51. The van der Waals surface area contributed by atoms with Crippen molar-refractivity contribution in [2.75, 3.05) is 11.1 Å². The van der Waals surface area contributed by atoms with E-state index in [1.165, 1.54) is 12.1 Å². The number of rotatable bonds is 3. The molecule has 1 unspecified atom stereocenters. The Hall–Kier alpha value is -2.10. The molecule has 3 nitrogen and oxygen atoms in total. The number of aromatic nitrogens is 1. The molecule has 0 bridgehead atoms. The first-order valence-electron chi connectivity index (χ1n) is 5.80. The first-order chi connectivity index (χ1) is 8.56. The van der Waals surface area contributed by atoms with Crippen LogP contribution in [0.15, 0.2) is 36.5 Å². The zero-order valence-electron chi connectivity index (χ0n) is 10.4. The van der Waals surface area contributed by atoms with Crippen LogP contribution in [0.5, 0.6) is 0 Å². The van der Waals surface area contributed by atoms with Gasteiger partial charge in [0.05, 0.1) is 11.9 Å². The first kappa shape index (κ1) is 12.4. The maximum Gasteiger partial charge on any atom is 0.126 e. The number of benzene rings is 1. The number of nitrogens with one attached hydrogen (secondary N) is 1. The topological polar surface area (TPSA) is 50.9 Å². The maximum absolute atomic E-state index is 12.8. The molecule has 0 aliphatic rings. The van der Waals surface area contributed by atoms with Gasteiger partial charge in [0.15, 0.2) is 0 Å². The number of nitrogen functional groups attached to an aromatic ring is 1. The van der Waals surface area contributed by atoms with Crippen molar-refractivity contribution in [3.05, 3.63) is 53.5 Å². The van der Waals surface area contributed by atoms with Crippen molar-refractivity contribution in [2.24, 2.45) is 0 Å². The second kappa shape index (κ2) is 5.04. The van der Waals surface area contributed by atoms with Crippen LogP contribution in [0.2, 0.25) is 0 Å². The van der Waals surface area contributed by atoms with Crippen LogP contribution >= 0.6 is 0 Å². The fourth-order valence-electron chi connectivity index (χ4n) is 1.70. The molecular weight excluding hydrogens is 229 g/mol. The van der Waals surface area contributed by atoms with E-state index in [1.54, 1.807) is 18.3 Å². The molecule has 0 aliphatic heterocycles. The van der Waals surface area contributed by atoms with Crippen molar-refractivity contribution >= 4 is 11.5 Å². The van der Waals surface area contributed by atoms with Crippen LogP contribution < -0.4 is 11.1 Å². The summed E-state index contributed by atoms with van der Waals surface area (Å²) in [5.41, 5.74) is 8.38. The standard InChI is InChI=1S/C14H16FN3/c1-9-7-14(17-8-13(9)16)18-10(2)11-3-5-12(15)6-4-11/h3-8,10H,16H2,1-2H3,(H,17,18).